The Bertz CT molecular complexity index is 831. The van der Waals surface area contributed by atoms with Gasteiger partial charge < -0.3 is 4.74 Å². The summed E-state index contributed by atoms with van der Waals surface area (Å²) in [6.07, 6.45) is 0. The normalized spacial score (nSPS) is 10.5. The smallest absolute Gasteiger partial charge is 0.311 e. The quantitative estimate of drug-likeness (QED) is 0.531. The van der Waals surface area contributed by atoms with Crippen molar-refractivity contribution in [2.45, 2.75) is 6.92 Å². The first-order valence-electron chi connectivity index (χ1n) is 6.42. The van der Waals surface area contributed by atoms with Gasteiger partial charge in [0.1, 0.15) is 0 Å². The number of nitro benzene ring substituents is 1. The van der Waals surface area contributed by atoms with E-state index in [4.69, 9.17) is 4.74 Å². The molecule has 0 aliphatic carbocycles. The fourth-order valence-electron chi connectivity index (χ4n) is 2.07. The lowest BCUT2D eigenvalue weighted by Crippen LogP contribution is -1.95. The first-order valence-corrected chi connectivity index (χ1v) is 6.42. The van der Waals surface area contributed by atoms with Crippen molar-refractivity contribution in [2.75, 3.05) is 0 Å². The number of aryl methyl sites for hydroxylation is 1. The van der Waals surface area contributed by atoms with Gasteiger partial charge in [-0.05, 0) is 30.7 Å². The third kappa shape index (κ3) is 2.67. The molecule has 5 nitrogen and oxygen atoms in total. The molecule has 0 atom stereocenters. The standard InChI is InChI=1S/C16H12N2O3/c1-11-6-8-15(14(10-11)18(19)20)21-16-9-7-12-4-2-3-5-13(12)17-16/h2-10H,1H3. The number of aromatic nitrogens is 1. The van der Waals surface area contributed by atoms with Gasteiger partial charge in [-0.3, -0.25) is 10.1 Å². The highest BCUT2D eigenvalue weighted by atomic mass is 16.6. The van der Waals surface area contributed by atoms with Crippen LogP contribution in [-0.2, 0) is 0 Å². The second-order valence-corrected chi connectivity index (χ2v) is 4.67. The number of nitro groups is 1. The van der Waals surface area contributed by atoms with Crippen molar-refractivity contribution in [3.05, 3.63) is 70.3 Å². The van der Waals surface area contributed by atoms with Crippen LogP contribution in [0.15, 0.2) is 54.6 Å². The minimum atomic E-state index is -0.455. The second kappa shape index (κ2) is 5.20. The Hall–Kier alpha value is -2.95. The van der Waals surface area contributed by atoms with Crippen LogP contribution < -0.4 is 4.74 Å². The van der Waals surface area contributed by atoms with Crippen molar-refractivity contribution in [2.24, 2.45) is 0 Å². The molecule has 0 aliphatic heterocycles. The number of hydrogen-bond donors (Lipinski definition) is 0. The minimum absolute atomic E-state index is 0.0649. The van der Waals surface area contributed by atoms with E-state index in [0.717, 1.165) is 16.5 Å². The van der Waals surface area contributed by atoms with Gasteiger partial charge in [-0.15, -0.1) is 0 Å². The van der Waals surface area contributed by atoms with Gasteiger partial charge in [0.05, 0.1) is 10.4 Å². The van der Waals surface area contributed by atoms with Gasteiger partial charge >= 0.3 is 5.69 Å². The van der Waals surface area contributed by atoms with Gasteiger partial charge in [0, 0.05) is 17.5 Å². The molecule has 0 bridgehead atoms. The van der Waals surface area contributed by atoms with Crippen molar-refractivity contribution >= 4 is 16.6 Å². The molecular weight excluding hydrogens is 268 g/mol. The van der Waals surface area contributed by atoms with Crippen LogP contribution in [0, 0.1) is 17.0 Å². The zero-order valence-electron chi connectivity index (χ0n) is 11.3. The number of fused-ring (bicyclic) bond motifs is 1. The second-order valence-electron chi connectivity index (χ2n) is 4.67. The van der Waals surface area contributed by atoms with Crippen molar-refractivity contribution in [3.63, 3.8) is 0 Å². The topological polar surface area (TPSA) is 65.3 Å². The maximum Gasteiger partial charge on any atom is 0.311 e. The molecule has 5 heteroatoms. The number of pyridine rings is 1. The SMILES string of the molecule is Cc1ccc(Oc2ccc3ccccc3n2)c([N+](=O)[O-])c1. The lowest BCUT2D eigenvalue weighted by atomic mass is 10.2. The largest absolute Gasteiger partial charge is 0.432 e. The molecule has 104 valence electrons. The molecule has 0 fully saturated rings. The van der Waals surface area contributed by atoms with E-state index in [0.29, 0.717) is 5.88 Å². The minimum Gasteiger partial charge on any atom is -0.432 e. The van der Waals surface area contributed by atoms with Gasteiger partial charge in [-0.25, -0.2) is 4.98 Å². The number of rotatable bonds is 3. The van der Waals surface area contributed by atoms with Gasteiger partial charge in [0.15, 0.2) is 0 Å². The molecule has 0 saturated heterocycles. The van der Waals surface area contributed by atoms with Crippen LogP contribution >= 0.6 is 0 Å². The molecule has 0 N–H and O–H groups in total. The molecule has 0 aliphatic rings. The molecule has 21 heavy (non-hydrogen) atoms. The number of hydrogen-bond acceptors (Lipinski definition) is 4. The van der Waals surface area contributed by atoms with E-state index in [1.165, 1.54) is 6.07 Å². The Kier molecular flexibility index (Phi) is 3.23. The zero-order chi connectivity index (χ0) is 14.8. The summed E-state index contributed by atoms with van der Waals surface area (Å²) in [6.45, 7) is 1.80. The van der Waals surface area contributed by atoms with E-state index in [2.05, 4.69) is 4.98 Å². The molecule has 0 unspecified atom stereocenters. The van der Waals surface area contributed by atoms with Crippen LogP contribution in [-0.4, -0.2) is 9.91 Å². The highest BCUT2D eigenvalue weighted by Crippen LogP contribution is 2.31. The summed E-state index contributed by atoms with van der Waals surface area (Å²) in [7, 11) is 0. The monoisotopic (exact) mass is 280 g/mol. The number of ether oxygens (including phenoxy) is 1. The van der Waals surface area contributed by atoms with E-state index < -0.39 is 4.92 Å². The lowest BCUT2D eigenvalue weighted by Gasteiger charge is -2.07. The molecule has 0 amide bonds. The first kappa shape index (κ1) is 13.1. The van der Waals surface area contributed by atoms with E-state index in [1.54, 1.807) is 25.1 Å². The zero-order valence-corrected chi connectivity index (χ0v) is 11.3. The van der Waals surface area contributed by atoms with Crippen LogP contribution in [0.3, 0.4) is 0 Å². The van der Waals surface area contributed by atoms with E-state index >= 15 is 0 Å². The van der Waals surface area contributed by atoms with Crippen LogP contribution in [0.1, 0.15) is 5.56 Å². The molecule has 1 aromatic heterocycles. The van der Waals surface area contributed by atoms with Crippen molar-refractivity contribution < 1.29 is 9.66 Å². The molecule has 0 saturated carbocycles. The Labute approximate surface area is 121 Å². The summed E-state index contributed by atoms with van der Waals surface area (Å²) in [5.74, 6) is 0.522. The maximum atomic E-state index is 11.1. The fraction of sp³-hybridized carbons (Fsp3) is 0.0625. The van der Waals surface area contributed by atoms with Gasteiger partial charge in [0.25, 0.3) is 0 Å². The van der Waals surface area contributed by atoms with E-state index in [-0.39, 0.29) is 11.4 Å². The Morgan fingerprint density at radius 1 is 1.10 bits per heavy atom. The van der Waals surface area contributed by atoms with Crippen LogP contribution in [0.5, 0.6) is 11.6 Å². The van der Waals surface area contributed by atoms with Crippen LogP contribution in [0.25, 0.3) is 10.9 Å². The van der Waals surface area contributed by atoms with Gasteiger partial charge in [0.2, 0.25) is 11.6 Å². The average molecular weight is 280 g/mol. The maximum absolute atomic E-state index is 11.1. The van der Waals surface area contributed by atoms with E-state index in [9.17, 15) is 10.1 Å². The summed E-state index contributed by atoms with van der Waals surface area (Å²) in [5.41, 5.74) is 1.52. The Balaban J connectivity index is 2.00. The van der Waals surface area contributed by atoms with E-state index in [1.807, 2.05) is 30.3 Å². The summed E-state index contributed by atoms with van der Waals surface area (Å²) < 4.78 is 5.58. The summed E-state index contributed by atoms with van der Waals surface area (Å²) in [6, 6.07) is 16.0. The molecule has 0 spiro atoms. The van der Waals surface area contributed by atoms with Crippen molar-refractivity contribution in [1.82, 2.24) is 4.98 Å². The third-order valence-corrected chi connectivity index (χ3v) is 3.10. The predicted molar refractivity (Wildman–Crippen MR) is 79.7 cm³/mol. The number of benzene rings is 2. The molecule has 3 aromatic rings. The Morgan fingerprint density at radius 3 is 2.71 bits per heavy atom. The summed E-state index contributed by atoms with van der Waals surface area (Å²) in [4.78, 5) is 15.0. The predicted octanol–water partition coefficient (Wildman–Crippen LogP) is 4.24. The average Bonchev–Trinajstić information content (AvgIpc) is 2.49. The highest BCUT2D eigenvalue weighted by molar-refractivity contribution is 5.78. The van der Waals surface area contributed by atoms with Gasteiger partial charge in [-0.2, -0.15) is 0 Å². The summed E-state index contributed by atoms with van der Waals surface area (Å²) in [5, 5.41) is 12.1. The highest BCUT2D eigenvalue weighted by Gasteiger charge is 2.16. The van der Waals surface area contributed by atoms with Crippen LogP contribution in [0.4, 0.5) is 5.69 Å². The number of para-hydroxylation sites is 1. The molecule has 0 radical (unpaired) electrons. The van der Waals surface area contributed by atoms with Crippen molar-refractivity contribution in [3.8, 4) is 11.6 Å². The summed E-state index contributed by atoms with van der Waals surface area (Å²) >= 11 is 0. The third-order valence-electron chi connectivity index (χ3n) is 3.10. The number of nitrogens with zero attached hydrogens (tertiary/aromatic N) is 2. The van der Waals surface area contributed by atoms with Crippen molar-refractivity contribution in [1.29, 1.82) is 0 Å². The molecule has 2 aromatic carbocycles. The van der Waals surface area contributed by atoms with Gasteiger partial charge in [-0.1, -0.05) is 24.3 Å². The van der Waals surface area contributed by atoms with Crippen LogP contribution in [0.2, 0.25) is 0 Å². The molecule has 3 rings (SSSR count). The molecular formula is C16H12N2O3. The molecule has 1 heterocycles. The first-order chi connectivity index (χ1) is 10.1. The fourth-order valence-corrected chi connectivity index (χ4v) is 2.07. The lowest BCUT2D eigenvalue weighted by molar-refractivity contribution is -0.385. The Morgan fingerprint density at radius 2 is 1.90 bits per heavy atom.